The molecular weight excluding hydrogens is 240 g/mol. The fraction of sp³-hybridized carbons (Fsp3) is 0.933. The number of amides is 1. The number of rotatable bonds is 2. The van der Waals surface area contributed by atoms with Gasteiger partial charge in [0.15, 0.2) is 0 Å². The lowest BCUT2D eigenvalue weighted by molar-refractivity contribution is -0.179. The zero-order valence-corrected chi connectivity index (χ0v) is 11.7. The third kappa shape index (κ3) is 1.56. The first-order chi connectivity index (χ1) is 9.27. The molecule has 106 valence electrons. The Kier molecular flexibility index (Phi) is 2.68. The summed E-state index contributed by atoms with van der Waals surface area (Å²) in [6.07, 6.45) is 8.41. The van der Waals surface area contributed by atoms with E-state index in [0.717, 1.165) is 45.7 Å². The minimum absolute atomic E-state index is 0.146. The highest BCUT2D eigenvalue weighted by Gasteiger charge is 2.58. The van der Waals surface area contributed by atoms with Crippen molar-refractivity contribution in [3.63, 3.8) is 0 Å². The molecule has 4 heteroatoms. The summed E-state index contributed by atoms with van der Waals surface area (Å²) in [6, 6.07) is 0. The van der Waals surface area contributed by atoms with E-state index in [1.54, 1.807) is 0 Å². The topological polar surface area (TPSA) is 32.8 Å². The monoisotopic (exact) mass is 264 g/mol. The van der Waals surface area contributed by atoms with Crippen LogP contribution in [0.15, 0.2) is 0 Å². The van der Waals surface area contributed by atoms with E-state index >= 15 is 0 Å². The summed E-state index contributed by atoms with van der Waals surface area (Å²) in [5.41, 5.74) is 0.152. The number of ether oxygens (including phenoxy) is 1. The predicted molar refractivity (Wildman–Crippen MR) is 71.9 cm³/mol. The van der Waals surface area contributed by atoms with Gasteiger partial charge in [0.05, 0.1) is 13.2 Å². The number of likely N-dealkylation sites (tertiary alicyclic amines) is 1. The quantitative estimate of drug-likeness (QED) is 0.756. The normalized spacial score (nSPS) is 32.3. The molecule has 0 N–H and O–H groups in total. The molecule has 19 heavy (non-hydrogen) atoms. The van der Waals surface area contributed by atoms with Gasteiger partial charge in [-0.15, -0.1) is 0 Å². The van der Waals surface area contributed by atoms with E-state index in [2.05, 4.69) is 9.80 Å². The number of carbonyl (C=O) groups is 1. The second-order valence-electron chi connectivity index (χ2n) is 6.77. The van der Waals surface area contributed by atoms with Crippen molar-refractivity contribution in [2.24, 2.45) is 0 Å². The zero-order chi connectivity index (χ0) is 12.9. The molecule has 2 saturated heterocycles. The van der Waals surface area contributed by atoms with Crippen LogP contribution in [0.25, 0.3) is 0 Å². The molecule has 4 rings (SSSR count). The zero-order valence-electron chi connectivity index (χ0n) is 11.7. The lowest BCUT2D eigenvalue weighted by Gasteiger charge is -2.63. The van der Waals surface area contributed by atoms with E-state index in [1.807, 2.05) is 0 Å². The van der Waals surface area contributed by atoms with E-state index in [-0.39, 0.29) is 5.54 Å². The van der Waals surface area contributed by atoms with Crippen LogP contribution in [0.4, 0.5) is 0 Å². The van der Waals surface area contributed by atoms with Gasteiger partial charge in [-0.3, -0.25) is 9.69 Å². The molecule has 2 heterocycles. The van der Waals surface area contributed by atoms with Crippen LogP contribution in [0.1, 0.15) is 44.9 Å². The fourth-order valence-electron chi connectivity index (χ4n) is 4.38. The average Bonchev–Trinajstić information content (AvgIpc) is 2.25. The minimum atomic E-state index is -0.146. The molecule has 0 aromatic carbocycles. The molecule has 0 bridgehead atoms. The van der Waals surface area contributed by atoms with Crippen molar-refractivity contribution in [3.8, 4) is 0 Å². The third-order valence-corrected chi connectivity index (χ3v) is 6.10. The Balaban J connectivity index is 1.53. The molecule has 1 spiro atoms. The van der Waals surface area contributed by atoms with E-state index in [1.165, 1.54) is 32.1 Å². The molecule has 4 aliphatic rings. The first-order valence-corrected chi connectivity index (χ1v) is 7.92. The highest BCUT2D eigenvalue weighted by Crippen LogP contribution is 2.50. The maximum absolute atomic E-state index is 13.1. The number of morpholine rings is 1. The molecule has 0 unspecified atom stereocenters. The summed E-state index contributed by atoms with van der Waals surface area (Å²) in [4.78, 5) is 17.7. The van der Waals surface area contributed by atoms with Crippen molar-refractivity contribution in [1.29, 1.82) is 0 Å². The Hall–Kier alpha value is -0.610. The number of hydrogen-bond donors (Lipinski definition) is 0. The van der Waals surface area contributed by atoms with Crippen molar-refractivity contribution in [2.75, 3.05) is 32.8 Å². The molecular formula is C15H24N2O2. The summed E-state index contributed by atoms with van der Waals surface area (Å²) in [5, 5.41) is 0. The van der Waals surface area contributed by atoms with E-state index in [0.29, 0.717) is 11.4 Å². The van der Waals surface area contributed by atoms with Crippen LogP contribution in [-0.4, -0.2) is 59.6 Å². The number of hydrogen-bond acceptors (Lipinski definition) is 3. The predicted octanol–water partition coefficient (Wildman–Crippen LogP) is 1.40. The molecule has 0 atom stereocenters. The van der Waals surface area contributed by atoms with Crippen LogP contribution in [0.3, 0.4) is 0 Å². The van der Waals surface area contributed by atoms with E-state index < -0.39 is 0 Å². The summed E-state index contributed by atoms with van der Waals surface area (Å²) < 4.78 is 5.45. The van der Waals surface area contributed by atoms with Crippen molar-refractivity contribution < 1.29 is 9.53 Å². The molecule has 2 aliphatic heterocycles. The van der Waals surface area contributed by atoms with Crippen molar-refractivity contribution >= 4 is 5.91 Å². The third-order valence-electron chi connectivity index (χ3n) is 6.10. The Morgan fingerprint density at radius 3 is 2.00 bits per heavy atom. The van der Waals surface area contributed by atoms with Crippen LogP contribution in [0.2, 0.25) is 0 Å². The lowest BCUT2D eigenvalue weighted by atomic mass is 9.65. The molecule has 0 aromatic rings. The molecule has 0 aromatic heterocycles. The summed E-state index contributed by atoms with van der Waals surface area (Å²) >= 11 is 0. The van der Waals surface area contributed by atoms with Gasteiger partial charge < -0.3 is 9.64 Å². The maximum atomic E-state index is 13.1. The molecule has 4 fully saturated rings. The van der Waals surface area contributed by atoms with Crippen LogP contribution < -0.4 is 0 Å². The van der Waals surface area contributed by atoms with E-state index in [9.17, 15) is 4.79 Å². The summed E-state index contributed by atoms with van der Waals surface area (Å²) in [5.74, 6) is 0.451. The highest BCUT2D eigenvalue weighted by molar-refractivity contribution is 5.89. The highest BCUT2D eigenvalue weighted by atomic mass is 16.5. The SMILES string of the molecule is O=C(N1CCC12CCC2)C1(N2CCOCC2)CCC1. The molecule has 2 saturated carbocycles. The molecule has 2 aliphatic carbocycles. The van der Waals surface area contributed by atoms with Crippen LogP contribution in [0.5, 0.6) is 0 Å². The second-order valence-corrected chi connectivity index (χ2v) is 6.77. The van der Waals surface area contributed by atoms with Gasteiger partial charge in [0.1, 0.15) is 5.54 Å². The standard InChI is InChI=1S/C15H24N2O2/c18-13(17-8-7-14(17)3-1-4-14)15(5-2-6-15)16-9-11-19-12-10-16/h1-12H2. The summed E-state index contributed by atoms with van der Waals surface area (Å²) in [6.45, 7) is 4.46. The van der Waals surface area contributed by atoms with Crippen LogP contribution >= 0.6 is 0 Å². The van der Waals surface area contributed by atoms with Gasteiger partial charge in [-0.1, -0.05) is 0 Å². The van der Waals surface area contributed by atoms with Crippen molar-refractivity contribution in [2.45, 2.75) is 56.0 Å². The number of nitrogens with zero attached hydrogens (tertiary/aromatic N) is 2. The van der Waals surface area contributed by atoms with Crippen LogP contribution in [-0.2, 0) is 9.53 Å². The Morgan fingerprint density at radius 2 is 1.58 bits per heavy atom. The summed E-state index contributed by atoms with van der Waals surface area (Å²) in [7, 11) is 0. The first-order valence-electron chi connectivity index (χ1n) is 7.92. The average molecular weight is 264 g/mol. The van der Waals surface area contributed by atoms with Gasteiger partial charge in [0, 0.05) is 25.2 Å². The second kappa shape index (κ2) is 4.19. The Morgan fingerprint density at radius 1 is 0.895 bits per heavy atom. The van der Waals surface area contributed by atoms with Gasteiger partial charge in [-0.2, -0.15) is 0 Å². The van der Waals surface area contributed by atoms with Gasteiger partial charge in [-0.25, -0.2) is 0 Å². The molecule has 4 nitrogen and oxygen atoms in total. The lowest BCUT2D eigenvalue weighted by Crippen LogP contribution is -2.74. The molecule has 1 amide bonds. The van der Waals surface area contributed by atoms with E-state index in [4.69, 9.17) is 4.74 Å². The van der Waals surface area contributed by atoms with Crippen LogP contribution in [0, 0.1) is 0 Å². The largest absolute Gasteiger partial charge is 0.379 e. The number of carbonyl (C=O) groups excluding carboxylic acids is 1. The Bertz CT molecular complexity index is 376. The Labute approximate surface area is 115 Å². The first kappa shape index (κ1) is 12.2. The molecule has 0 radical (unpaired) electrons. The van der Waals surface area contributed by atoms with Gasteiger partial charge in [-0.05, 0) is 44.9 Å². The minimum Gasteiger partial charge on any atom is -0.379 e. The van der Waals surface area contributed by atoms with Gasteiger partial charge >= 0.3 is 0 Å². The van der Waals surface area contributed by atoms with Gasteiger partial charge in [0.2, 0.25) is 5.91 Å². The van der Waals surface area contributed by atoms with Crippen molar-refractivity contribution in [3.05, 3.63) is 0 Å². The maximum Gasteiger partial charge on any atom is 0.243 e. The van der Waals surface area contributed by atoms with Gasteiger partial charge in [0.25, 0.3) is 0 Å². The fourth-order valence-corrected chi connectivity index (χ4v) is 4.38. The smallest absolute Gasteiger partial charge is 0.243 e. The van der Waals surface area contributed by atoms with Crippen molar-refractivity contribution in [1.82, 2.24) is 9.80 Å².